The van der Waals surface area contributed by atoms with E-state index in [1.165, 1.54) is 0 Å². The third-order valence-corrected chi connectivity index (χ3v) is 3.98. The average molecular weight is 303 g/mol. The molecule has 2 nitrogen and oxygen atoms in total. The Labute approximate surface area is 125 Å². The molecule has 0 spiro atoms. The summed E-state index contributed by atoms with van der Waals surface area (Å²) in [5, 5.41) is 0.583. The van der Waals surface area contributed by atoms with Crippen molar-refractivity contribution in [3.8, 4) is 11.5 Å². The third-order valence-electron chi connectivity index (χ3n) is 3.20. The van der Waals surface area contributed by atoms with Crippen LogP contribution in [0.4, 0.5) is 0 Å². The first kappa shape index (κ1) is 14.8. The van der Waals surface area contributed by atoms with Crippen molar-refractivity contribution in [1.82, 2.24) is 0 Å². The van der Waals surface area contributed by atoms with Gasteiger partial charge in [0, 0.05) is 17.5 Å². The van der Waals surface area contributed by atoms with Crippen LogP contribution in [0.2, 0.25) is 5.02 Å². The van der Waals surface area contributed by atoms with Gasteiger partial charge in [-0.1, -0.05) is 25.4 Å². The molecule has 0 saturated heterocycles. The zero-order valence-electron chi connectivity index (χ0n) is 11.4. The summed E-state index contributed by atoms with van der Waals surface area (Å²) in [6.45, 7) is 5.73. The molecule has 19 heavy (non-hydrogen) atoms. The Hall–Kier alpha value is -0.600. The zero-order valence-corrected chi connectivity index (χ0v) is 12.9. The summed E-state index contributed by atoms with van der Waals surface area (Å²) in [6, 6.07) is 3.75. The van der Waals surface area contributed by atoms with Gasteiger partial charge in [-0.3, -0.25) is 0 Å². The standard InChI is InChI=1S/C15H20Cl2O2/c1-10(2)4-5-12(16)11-8-14-15(9-13(11)17)19-7-3-6-18-14/h8-10,12H,3-7H2,1-2H3. The van der Waals surface area contributed by atoms with Gasteiger partial charge in [-0.2, -0.15) is 0 Å². The Morgan fingerprint density at radius 3 is 2.37 bits per heavy atom. The molecule has 1 aliphatic heterocycles. The number of fused-ring (bicyclic) bond motifs is 1. The average Bonchev–Trinajstić information content (AvgIpc) is 2.59. The Bertz CT molecular complexity index is 432. The molecule has 1 aromatic rings. The minimum atomic E-state index is -0.0768. The van der Waals surface area contributed by atoms with Crippen LogP contribution in [0.25, 0.3) is 0 Å². The quantitative estimate of drug-likeness (QED) is 0.710. The molecular weight excluding hydrogens is 283 g/mol. The SMILES string of the molecule is CC(C)CCC(Cl)c1cc2c(cc1Cl)OCCCO2. The second-order valence-corrected chi connectivity index (χ2v) is 6.24. The van der Waals surface area contributed by atoms with Crippen LogP contribution in [0.1, 0.15) is 44.1 Å². The first-order valence-electron chi connectivity index (χ1n) is 6.81. The molecule has 0 N–H and O–H groups in total. The van der Waals surface area contributed by atoms with Crippen molar-refractivity contribution in [1.29, 1.82) is 0 Å². The summed E-state index contributed by atoms with van der Waals surface area (Å²) in [5.41, 5.74) is 0.938. The van der Waals surface area contributed by atoms with Gasteiger partial charge in [0.2, 0.25) is 0 Å². The summed E-state index contributed by atoms with van der Waals surface area (Å²) in [6.07, 6.45) is 2.89. The Morgan fingerprint density at radius 2 is 1.74 bits per heavy atom. The fourth-order valence-electron chi connectivity index (χ4n) is 2.07. The van der Waals surface area contributed by atoms with Crippen LogP contribution >= 0.6 is 23.2 Å². The fraction of sp³-hybridized carbons (Fsp3) is 0.600. The van der Waals surface area contributed by atoms with Crippen molar-refractivity contribution in [3.05, 3.63) is 22.7 Å². The molecule has 1 aliphatic rings. The van der Waals surface area contributed by atoms with Gasteiger partial charge in [0.25, 0.3) is 0 Å². The van der Waals surface area contributed by atoms with Crippen LogP contribution in [-0.4, -0.2) is 13.2 Å². The summed E-state index contributed by atoms with van der Waals surface area (Å²) in [5.74, 6) is 2.12. The zero-order chi connectivity index (χ0) is 13.8. The van der Waals surface area contributed by atoms with Gasteiger partial charge >= 0.3 is 0 Å². The van der Waals surface area contributed by atoms with Gasteiger partial charge in [0.15, 0.2) is 11.5 Å². The van der Waals surface area contributed by atoms with Crippen molar-refractivity contribution in [3.63, 3.8) is 0 Å². The van der Waals surface area contributed by atoms with Crippen molar-refractivity contribution in [2.24, 2.45) is 5.92 Å². The summed E-state index contributed by atoms with van der Waals surface area (Å²) in [7, 11) is 0. The number of alkyl halides is 1. The number of ether oxygens (including phenoxy) is 2. The maximum Gasteiger partial charge on any atom is 0.162 e. The molecule has 0 saturated carbocycles. The molecule has 0 fully saturated rings. The molecule has 4 heteroatoms. The van der Waals surface area contributed by atoms with E-state index in [-0.39, 0.29) is 5.38 Å². The Kier molecular flexibility index (Phi) is 5.23. The first-order chi connectivity index (χ1) is 9.08. The molecule has 1 aromatic carbocycles. The Morgan fingerprint density at radius 1 is 1.11 bits per heavy atom. The number of benzene rings is 1. The molecule has 1 atom stereocenters. The van der Waals surface area contributed by atoms with E-state index in [0.29, 0.717) is 24.2 Å². The molecule has 1 heterocycles. The molecule has 0 radical (unpaired) electrons. The Balaban J connectivity index is 2.18. The monoisotopic (exact) mass is 302 g/mol. The lowest BCUT2D eigenvalue weighted by Crippen LogP contribution is -1.98. The van der Waals surface area contributed by atoms with E-state index < -0.39 is 0 Å². The van der Waals surface area contributed by atoms with Crippen LogP contribution in [0, 0.1) is 5.92 Å². The highest BCUT2D eigenvalue weighted by atomic mass is 35.5. The smallest absolute Gasteiger partial charge is 0.162 e. The molecule has 106 valence electrons. The van der Waals surface area contributed by atoms with E-state index in [2.05, 4.69) is 13.8 Å². The molecule has 1 unspecified atom stereocenters. The van der Waals surface area contributed by atoms with E-state index >= 15 is 0 Å². The van der Waals surface area contributed by atoms with E-state index in [0.717, 1.165) is 36.3 Å². The fourth-order valence-corrected chi connectivity index (χ4v) is 2.72. The second kappa shape index (κ2) is 6.71. The molecule has 0 bridgehead atoms. The number of hydrogen-bond acceptors (Lipinski definition) is 2. The molecule has 2 rings (SSSR count). The first-order valence-corrected chi connectivity index (χ1v) is 7.62. The summed E-state index contributed by atoms with van der Waals surface area (Å²) < 4.78 is 11.3. The van der Waals surface area contributed by atoms with Gasteiger partial charge < -0.3 is 9.47 Å². The number of rotatable bonds is 4. The van der Waals surface area contributed by atoms with Gasteiger partial charge in [-0.05, 0) is 30.4 Å². The lowest BCUT2D eigenvalue weighted by atomic mass is 10.0. The largest absolute Gasteiger partial charge is 0.490 e. The van der Waals surface area contributed by atoms with Crippen molar-refractivity contribution < 1.29 is 9.47 Å². The lowest BCUT2D eigenvalue weighted by molar-refractivity contribution is 0.297. The maximum atomic E-state index is 6.46. The van der Waals surface area contributed by atoms with Crippen LogP contribution in [0.3, 0.4) is 0 Å². The molecular formula is C15H20Cl2O2. The van der Waals surface area contributed by atoms with Gasteiger partial charge in [0.1, 0.15) is 0 Å². The molecule has 0 aromatic heterocycles. The van der Waals surface area contributed by atoms with Crippen molar-refractivity contribution in [2.45, 2.75) is 38.5 Å². The lowest BCUT2D eigenvalue weighted by Gasteiger charge is -2.16. The summed E-state index contributed by atoms with van der Waals surface area (Å²) in [4.78, 5) is 0. The third kappa shape index (κ3) is 3.93. The molecule has 0 aliphatic carbocycles. The highest BCUT2D eigenvalue weighted by Crippen LogP contribution is 2.40. The van der Waals surface area contributed by atoms with Crippen LogP contribution in [-0.2, 0) is 0 Å². The van der Waals surface area contributed by atoms with Crippen LogP contribution in [0.5, 0.6) is 11.5 Å². The van der Waals surface area contributed by atoms with Crippen molar-refractivity contribution >= 4 is 23.2 Å². The second-order valence-electron chi connectivity index (χ2n) is 5.31. The topological polar surface area (TPSA) is 18.5 Å². The van der Waals surface area contributed by atoms with E-state index in [1.54, 1.807) is 0 Å². The number of hydrogen-bond donors (Lipinski definition) is 0. The van der Waals surface area contributed by atoms with E-state index in [4.69, 9.17) is 32.7 Å². The minimum Gasteiger partial charge on any atom is -0.490 e. The van der Waals surface area contributed by atoms with Crippen LogP contribution < -0.4 is 9.47 Å². The molecule has 0 amide bonds. The van der Waals surface area contributed by atoms with E-state index in [9.17, 15) is 0 Å². The van der Waals surface area contributed by atoms with Crippen LogP contribution in [0.15, 0.2) is 12.1 Å². The summed E-state index contributed by atoms with van der Waals surface area (Å²) >= 11 is 12.8. The van der Waals surface area contributed by atoms with Gasteiger partial charge in [0.05, 0.1) is 18.6 Å². The highest BCUT2D eigenvalue weighted by Gasteiger charge is 2.18. The van der Waals surface area contributed by atoms with Gasteiger partial charge in [-0.25, -0.2) is 0 Å². The number of halogens is 2. The van der Waals surface area contributed by atoms with E-state index in [1.807, 2.05) is 12.1 Å². The minimum absolute atomic E-state index is 0.0768. The maximum absolute atomic E-state index is 6.46. The normalized spacial score (nSPS) is 16.3. The predicted octanol–water partition coefficient (Wildman–Crippen LogP) is 5.22. The van der Waals surface area contributed by atoms with Crippen molar-refractivity contribution in [2.75, 3.05) is 13.2 Å². The van der Waals surface area contributed by atoms with Gasteiger partial charge in [-0.15, -0.1) is 11.6 Å². The highest BCUT2D eigenvalue weighted by molar-refractivity contribution is 6.33. The predicted molar refractivity (Wildman–Crippen MR) is 79.7 cm³/mol.